The quantitative estimate of drug-likeness (QED) is 0.681. The van der Waals surface area contributed by atoms with Crippen LogP contribution in [0.25, 0.3) is 0 Å². The van der Waals surface area contributed by atoms with Crippen LogP contribution in [0.5, 0.6) is 5.75 Å². The van der Waals surface area contributed by atoms with Gasteiger partial charge in [0.2, 0.25) is 0 Å². The lowest BCUT2D eigenvalue weighted by Gasteiger charge is -2.10. The number of benzene rings is 2. The molecule has 0 saturated heterocycles. The first kappa shape index (κ1) is 17.6. The Balaban J connectivity index is 1.57. The SMILES string of the molecule is O=C(COc1ccccc1Cl)Nc1cccc(NC(=O)c2ccco2)c1. The minimum absolute atomic E-state index is 0.188. The van der Waals surface area contributed by atoms with Gasteiger partial charge in [0.25, 0.3) is 11.8 Å². The van der Waals surface area contributed by atoms with Gasteiger partial charge >= 0.3 is 0 Å². The molecule has 1 aromatic heterocycles. The van der Waals surface area contributed by atoms with Crippen LogP contribution < -0.4 is 15.4 Å². The van der Waals surface area contributed by atoms with E-state index in [1.54, 1.807) is 60.7 Å². The number of anilines is 2. The maximum atomic E-state index is 12.0. The number of para-hydroxylation sites is 1. The number of carbonyl (C=O) groups is 2. The van der Waals surface area contributed by atoms with Crippen molar-refractivity contribution in [3.63, 3.8) is 0 Å². The Bertz CT molecular complexity index is 909. The van der Waals surface area contributed by atoms with Crippen molar-refractivity contribution in [1.29, 1.82) is 0 Å². The van der Waals surface area contributed by atoms with E-state index in [0.717, 1.165) is 0 Å². The third-order valence-electron chi connectivity index (χ3n) is 3.34. The molecule has 2 amide bonds. The van der Waals surface area contributed by atoms with Crippen molar-refractivity contribution in [3.05, 3.63) is 77.7 Å². The highest BCUT2D eigenvalue weighted by atomic mass is 35.5. The van der Waals surface area contributed by atoms with E-state index >= 15 is 0 Å². The van der Waals surface area contributed by atoms with E-state index in [9.17, 15) is 9.59 Å². The molecule has 0 unspecified atom stereocenters. The zero-order valence-corrected chi connectivity index (χ0v) is 14.3. The summed E-state index contributed by atoms with van der Waals surface area (Å²) in [5.74, 6) is -0.0867. The number of furan rings is 1. The molecule has 0 atom stereocenters. The first-order chi connectivity index (χ1) is 12.6. The molecule has 0 bridgehead atoms. The number of carbonyl (C=O) groups excluding carboxylic acids is 2. The zero-order chi connectivity index (χ0) is 18.4. The van der Waals surface area contributed by atoms with Crippen LogP contribution in [0.4, 0.5) is 11.4 Å². The van der Waals surface area contributed by atoms with Gasteiger partial charge in [-0.2, -0.15) is 0 Å². The average molecular weight is 371 g/mol. The Morgan fingerprint density at radius 2 is 1.73 bits per heavy atom. The number of rotatable bonds is 6. The minimum Gasteiger partial charge on any atom is -0.482 e. The molecule has 6 nitrogen and oxygen atoms in total. The van der Waals surface area contributed by atoms with Gasteiger partial charge in [-0.25, -0.2) is 0 Å². The normalized spacial score (nSPS) is 10.2. The van der Waals surface area contributed by atoms with Gasteiger partial charge in [-0.1, -0.05) is 29.8 Å². The topological polar surface area (TPSA) is 80.6 Å². The standard InChI is InChI=1S/C19H15ClN2O4/c20-15-7-1-2-8-16(15)26-12-18(23)21-13-5-3-6-14(11-13)22-19(24)17-9-4-10-25-17/h1-11H,12H2,(H,21,23)(H,22,24). The fraction of sp³-hybridized carbons (Fsp3) is 0.0526. The summed E-state index contributed by atoms with van der Waals surface area (Å²) >= 11 is 5.97. The fourth-order valence-corrected chi connectivity index (χ4v) is 2.37. The van der Waals surface area contributed by atoms with Crippen LogP contribution in [0.2, 0.25) is 5.02 Å². The maximum Gasteiger partial charge on any atom is 0.291 e. The van der Waals surface area contributed by atoms with Crippen LogP contribution in [-0.2, 0) is 4.79 Å². The summed E-state index contributed by atoms with van der Waals surface area (Å²) in [6.07, 6.45) is 1.42. The Labute approximate surface area is 154 Å². The largest absolute Gasteiger partial charge is 0.482 e. The highest BCUT2D eigenvalue weighted by Gasteiger charge is 2.10. The van der Waals surface area contributed by atoms with Gasteiger partial charge in [0.1, 0.15) is 5.75 Å². The lowest BCUT2D eigenvalue weighted by atomic mass is 10.2. The first-order valence-electron chi connectivity index (χ1n) is 7.74. The predicted octanol–water partition coefficient (Wildman–Crippen LogP) is 4.20. The smallest absolute Gasteiger partial charge is 0.291 e. The predicted molar refractivity (Wildman–Crippen MR) is 98.7 cm³/mol. The Hall–Kier alpha value is -3.25. The van der Waals surface area contributed by atoms with Gasteiger partial charge in [0.05, 0.1) is 11.3 Å². The summed E-state index contributed by atoms with van der Waals surface area (Å²) in [7, 11) is 0. The van der Waals surface area contributed by atoms with E-state index in [1.165, 1.54) is 6.26 Å². The second-order valence-corrected chi connectivity index (χ2v) is 5.69. The summed E-state index contributed by atoms with van der Waals surface area (Å²) in [5.41, 5.74) is 1.05. The van der Waals surface area contributed by atoms with E-state index in [2.05, 4.69) is 10.6 Å². The molecule has 0 saturated carbocycles. The van der Waals surface area contributed by atoms with Crippen molar-refractivity contribution >= 4 is 34.8 Å². The summed E-state index contributed by atoms with van der Waals surface area (Å²) in [5, 5.41) is 5.82. The Morgan fingerprint density at radius 3 is 2.46 bits per heavy atom. The highest BCUT2D eigenvalue weighted by Crippen LogP contribution is 2.23. The maximum absolute atomic E-state index is 12.0. The van der Waals surface area contributed by atoms with Crippen LogP contribution in [0.3, 0.4) is 0 Å². The Morgan fingerprint density at radius 1 is 0.962 bits per heavy atom. The molecule has 0 radical (unpaired) electrons. The fourth-order valence-electron chi connectivity index (χ4n) is 2.18. The molecular formula is C19H15ClN2O4. The molecular weight excluding hydrogens is 356 g/mol. The third-order valence-corrected chi connectivity index (χ3v) is 3.66. The molecule has 0 aliphatic rings. The summed E-state index contributed by atoms with van der Waals surface area (Å²) in [6.45, 7) is -0.188. The van der Waals surface area contributed by atoms with Crippen molar-refractivity contribution < 1.29 is 18.7 Å². The van der Waals surface area contributed by atoms with E-state index in [4.69, 9.17) is 20.8 Å². The summed E-state index contributed by atoms with van der Waals surface area (Å²) in [6, 6.07) is 16.9. The average Bonchev–Trinajstić information content (AvgIpc) is 3.16. The minimum atomic E-state index is -0.375. The number of hydrogen-bond donors (Lipinski definition) is 2. The van der Waals surface area contributed by atoms with Crippen molar-refractivity contribution in [2.24, 2.45) is 0 Å². The molecule has 132 valence electrons. The van der Waals surface area contributed by atoms with Gasteiger partial charge in [0.15, 0.2) is 12.4 Å². The second kappa shape index (κ2) is 8.22. The van der Waals surface area contributed by atoms with E-state index in [0.29, 0.717) is 22.1 Å². The van der Waals surface area contributed by atoms with E-state index in [-0.39, 0.29) is 24.2 Å². The van der Waals surface area contributed by atoms with Gasteiger partial charge < -0.3 is 19.8 Å². The van der Waals surface area contributed by atoms with Crippen LogP contribution in [0.15, 0.2) is 71.3 Å². The van der Waals surface area contributed by atoms with Crippen LogP contribution in [0.1, 0.15) is 10.6 Å². The Kier molecular flexibility index (Phi) is 5.56. The van der Waals surface area contributed by atoms with Gasteiger partial charge in [-0.3, -0.25) is 9.59 Å². The number of ether oxygens (including phenoxy) is 1. The number of hydrogen-bond acceptors (Lipinski definition) is 4. The highest BCUT2D eigenvalue weighted by molar-refractivity contribution is 6.32. The van der Waals surface area contributed by atoms with Crippen molar-refractivity contribution in [3.8, 4) is 5.75 Å². The third kappa shape index (κ3) is 4.64. The first-order valence-corrected chi connectivity index (χ1v) is 8.12. The van der Waals surface area contributed by atoms with Crippen molar-refractivity contribution in [2.45, 2.75) is 0 Å². The van der Waals surface area contributed by atoms with E-state index in [1.807, 2.05) is 0 Å². The number of amides is 2. The van der Waals surface area contributed by atoms with Crippen LogP contribution >= 0.6 is 11.6 Å². The van der Waals surface area contributed by atoms with Crippen molar-refractivity contribution in [1.82, 2.24) is 0 Å². The summed E-state index contributed by atoms with van der Waals surface area (Å²) < 4.78 is 10.4. The van der Waals surface area contributed by atoms with E-state index < -0.39 is 0 Å². The molecule has 0 spiro atoms. The molecule has 2 N–H and O–H groups in total. The lowest BCUT2D eigenvalue weighted by Crippen LogP contribution is -2.20. The zero-order valence-electron chi connectivity index (χ0n) is 13.6. The van der Waals surface area contributed by atoms with Gasteiger partial charge in [-0.15, -0.1) is 0 Å². The molecule has 26 heavy (non-hydrogen) atoms. The van der Waals surface area contributed by atoms with Crippen molar-refractivity contribution in [2.75, 3.05) is 17.2 Å². The number of nitrogens with one attached hydrogen (secondary N) is 2. The molecule has 3 aromatic rings. The van der Waals surface area contributed by atoms with Crippen LogP contribution in [-0.4, -0.2) is 18.4 Å². The monoisotopic (exact) mass is 370 g/mol. The molecule has 2 aromatic carbocycles. The molecule has 3 rings (SSSR count). The second-order valence-electron chi connectivity index (χ2n) is 5.28. The van der Waals surface area contributed by atoms with Gasteiger partial charge in [-0.05, 0) is 42.5 Å². The molecule has 0 aliphatic carbocycles. The molecule has 7 heteroatoms. The lowest BCUT2D eigenvalue weighted by molar-refractivity contribution is -0.118. The number of halogens is 1. The molecule has 1 heterocycles. The molecule has 0 fully saturated rings. The summed E-state index contributed by atoms with van der Waals surface area (Å²) in [4.78, 5) is 24.0. The van der Waals surface area contributed by atoms with Gasteiger partial charge in [0, 0.05) is 11.4 Å². The van der Waals surface area contributed by atoms with Crippen LogP contribution in [0, 0.1) is 0 Å². The molecule has 0 aliphatic heterocycles.